The van der Waals surface area contributed by atoms with Gasteiger partial charge in [0.15, 0.2) is 0 Å². The van der Waals surface area contributed by atoms with E-state index in [1.807, 2.05) is 0 Å². The number of nitrogens with zero attached hydrogens (tertiary/aromatic N) is 1. The first-order valence-corrected chi connectivity index (χ1v) is 7.56. The first-order chi connectivity index (χ1) is 8.38. The van der Waals surface area contributed by atoms with Gasteiger partial charge in [-0.05, 0) is 18.6 Å². The Kier molecular flexibility index (Phi) is 5.20. The first kappa shape index (κ1) is 12.8. The summed E-state index contributed by atoms with van der Waals surface area (Å²) in [7, 11) is 0. The van der Waals surface area contributed by atoms with E-state index in [9.17, 15) is 0 Å². The van der Waals surface area contributed by atoms with Crippen LogP contribution in [0.25, 0.3) is 0 Å². The Bertz CT molecular complexity index is 315. The van der Waals surface area contributed by atoms with Crippen molar-refractivity contribution in [2.45, 2.75) is 18.6 Å². The molecule has 1 aliphatic heterocycles. The van der Waals surface area contributed by atoms with Crippen LogP contribution in [0, 0.1) is 0 Å². The highest BCUT2D eigenvalue weighted by Crippen LogP contribution is 2.20. The monoisotopic (exact) mass is 250 g/mol. The fourth-order valence-corrected chi connectivity index (χ4v) is 3.39. The summed E-state index contributed by atoms with van der Waals surface area (Å²) in [5, 5.41) is 4.32. The van der Waals surface area contributed by atoms with E-state index in [4.69, 9.17) is 0 Å². The lowest BCUT2D eigenvalue weighted by molar-refractivity contribution is 0.292. The van der Waals surface area contributed by atoms with Crippen LogP contribution in [0.15, 0.2) is 30.3 Å². The van der Waals surface area contributed by atoms with Crippen molar-refractivity contribution in [1.29, 1.82) is 0 Å². The minimum atomic E-state index is 0.848. The maximum absolute atomic E-state index is 3.48. The van der Waals surface area contributed by atoms with E-state index in [0.29, 0.717) is 0 Å². The van der Waals surface area contributed by atoms with Gasteiger partial charge in [0.2, 0.25) is 0 Å². The molecule has 0 radical (unpaired) electrons. The summed E-state index contributed by atoms with van der Waals surface area (Å²) in [6, 6.07) is 10.5. The number of hydrogen-bond donors (Lipinski definition) is 1. The first-order valence-electron chi connectivity index (χ1n) is 6.51. The van der Waals surface area contributed by atoms with Crippen molar-refractivity contribution in [2.24, 2.45) is 0 Å². The molecule has 1 aromatic rings. The topological polar surface area (TPSA) is 15.3 Å². The summed E-state index contributed by atoms with van der Waals surface area (Å²) in [6.45, 7) is 7.01. The van der Waals surface area contributed by atoms with Gasteiger partial charge in [-0.2, -0.15) is 11.8 Å². The standard InChI is InChI=1S/C14H22N2S/c1-2-14-12-16(10-11-17-14)9-8-15-13-6-4-3-5-7-13/h3-7,14-15H,2,8-12H2,1H3. The Morgan fingerprint density at radius 3 is 2.94 bits per heavy atom. The van der Waals surface area contributed by atoms with Crippen molar-refractivity contribution in [3.8, 4) is 0 Å². The molecule has 0 amide bonds. The van der Waals surface area contributed by atoms with Crippen LogP contribution in [0.2, 0.25) is 0 Å². The number of hydrogen-bond acceptors (Lipinski definition) is 3. The Balaban J connectivity index is 1.68. The second-order valence-corrected chi connectivity index (χ2v) is 5.90. The second-order valence-electron chi connectivity index (χ2n) is 4.49. The summed E-state index contributed by atoms with van der Waals surface area (Å²) in [6.07, 6.45) is 1.30. The van der Waals surface area contributed by atoms with E-state index in [2.05, 4.69) is 59.2 Å². The molecule has 0 aliphatic carbocycles. The molecule has 1 aliphatic rings. The second kappa shape index (κ2) is 6.92. The zero-order valence-electron chi connectivity index (χ0n) is 10.6. The van der Waals surface area contributed by atoms with Crippen LogP contribution >= 0.6 is 11.8 Å². The molecule has 3 heteroatoms. The molecule has 1 fully saturated rings. The zero-order chi connectivity index (χ0) is 11.9. The number of benzene rings is 1. The molecule has 2 rings (SSSR count). The van der Waals surface area contributed by atoms with Crippen LogP contribution in [0.4, 0.5) is 5.69 Å². The molecule has 1 unspecified atom stereocenters. The summed E-state index contributed by atoms with van der Waals surface area (Å²) < 4.78 is 0. The van der Waals surface area contributed by atoms with Crippen LogP contribution in [0.3, 0.4) is 0 Å². The largest absolute Gasteiger partial charge is 0.384 e. The summed E-state index contributed by atoms with van der Waals surface area (Å²) in [5.74, 6) is 1.30. The average molecular weight is 250 g/mol. The van der Waals surface area contributed by atoms with Crippen LogP contribution in [-0.2, 0) is 0 Å². The van der Waals surface area contributed by atoms with Gasteiger partial charge < -0.3 is 5.32 Å². The molecular formula is C14H22N2S. The van der Waals surface area contributed by atoms with Crippen molar-refractivity contribution in [2.75, 3.05) is 37.2 Å². The number of thioether (sulfide) groups is 1. The molecule has 1 heterocycles. The molecule has 94 valence electrons. The van der Waals surface area contributed by atoms with Gasteiger partial charge in [-0.1, -0.05) is 25.1 Å². The molecule has 0 saturated carbocycles. The minimum absolute atomic E-state index is 0.848. The minimum Gasteiger partial charge on any atom is -0.384 e. The van der Waals surface area contributed by atoms with Crippen LogP contribution in [0.5, 0.6) is 0 Å². The van der Waals surface area contributed by atoms with E-state index in [0.717, 1.165) is 18.3 Å². The van der Waals surface area contributed by atoms with E-state index in [-0.39, 0.29) is 0 Å². The summed E-state index contributed by atoms with van der Waals surface area (Å²) in [4.78, 5) is 2.58. The predicted molar refractivity (Wildman–Crippen MR) is 77.9 cm³/mol. The molecule has 1 atom stereocenters. The third kappa shape index (κ3) is 4.25. The Labute approximate surface area is 109 Å². The van der Waals surface area contributed by atoms with E-state index in [1.165, 1.54) is 31.0 Å². The summed E-state index contributed by atoms with van der Waals surface area (Å²) >= 11 is 2.13. The van der Waals surface area contributed by atoms with Gasteiger partial charge in [0.25, 0.3) is 0 Å². The highest BCUT2D eigenvalue weighted by Gasteiger charge is 2.17. The van der Waals surface area contributed by atoms with Crippen molar-refractivity contribution in [3.63, 3.8) is 0 Å². The molecular weight excluding hydrogens is 228 g/mol. The van der Waals surface area contributed by atoms with Crippen LogP contribution < -0.4 is 5.32 Å². The lowest BCUT2D eigenvalue weighted by Gasteiger charge is -2.31. The highest BCUT2D eigenvalue weighted by molar-refractivity contribution is 8.00. The molecule has 2 nitrogen and oxygen atoms in total. The molecule has 1 aromatic carbocycles. The number of nitrogens with one attached hydrogen (secondary N) is 1. The van der Waals surface area contributed by atoms with Gasteiger partial charge in [0.05, 0.1) is 0 Å². The molecule has 0 spiro atoms. The van der Waals surface area contributed by atoms with Crippen LogP contribution in [0.1, 0.15) is 13.3 Å². The number of anilines is 1. The maximum Gasteiger partial charge on any atom is 0.0340 e. The van der Waals surface area contributed by atoms with E-state index >= 15 is 0 Å². The molecule has 17 heavy (non-hydrogen) atoms. The fraction of sp³-hybridized carbons (Fsp3) is 0.571. The van der Waals surface area contributed by atoms with Gasteiger partial charge >= 0.3 is 0 Å². The van der Waals surface area contributed by atoms with Crippen molar-refractivity contribution < 1.29 is 0 Å². The average Bonchev–Trinajstić information content (AvgIpc) is 2.40. The lowest BCUT2D eigenvalue weighted by Crippen LogP contribution is -2.40. The van der Waals surface area contributed by atoms with Gasteiger partial charge in [0.1, 0.15) is 0 Å². The Morgan fingerprint density at radius 2 is 2.18 bits per heavy atom. The SMILES string of the molecule is CCC1CN(CCNc2ccccc2)CCS1. The summed E-state index contributed by atoms with van der Waals surface area (Å²) in [5.41, 5.74) is 1.23. The van der Waals surface area contributed by atoms with E-state index < -0.39 is 0 Å². The highest BCUT2D eigenvalue weighted by atomic mass is 32.2. The van der Waals surface area contributed by atoms with Crippen molar-refractivity contribution in [1.82, 2.24) is 4.90 Å². The smallest absolute Gasteiger partial charge is 0.0340 e. The van der Waals surface area contributed by atoms with Gasteiger partial charge in [0, 0.05) is 42.9 Å². The van der Waals surface area contributed by atoms with Gasteiger partial charge in [-0.15, -0.1) is 0 Å². The third-order valence-electron chi connectivity index (χ3n) is 3.21. The zero-order valence-corrected chi connectivity index (χ0v) is 11.4. The Hall–Kier alpha value is -0.670. The normalized spacial score (nSPS) is 21.4. The molecule has 0 aromatic heterocycles. The number of rotatable bonds is 5. The molecule has 1 saturated heterocycles. The molecule has 0 bridgehead atoms. The quantitative estimate of drug-likeness (QED) is 0.865. The van der Waals surface area contributed by atoms with Gasteiger partial charge in [-0.3, -0.25) is 4.90 Å². The van der Waals surface area contributed by atoms with Gasteiger partial charge in [-0.25, -0.2) is 0 Å². The fourth-order valence-electron chi connectivity index (χ4n) is 2.14. The van der Waals surface area contributed by atoms with Crippen LogP contribution in [-0.4, -0.2) is 42.1 Å². The molecule has 1 N–H and O–H groups in total. The maximum atomic E-state index is 3.48. The van der Waals surface area contributed by atoms with E-state index in [1.54, 1.807) is 0 Å². The van der Waals surface area contributed by atoms with Crippen molar-refractivity contribution in [3.05, 3.63) is 30.3 Å². The lowest BCUT2D eigenvalue weighted by atomic mass is 10.3. The number of para-hydroxylation sites is 1. The Morgan fingerprint density at radius 1 is 1.35 bits per heavy atom. The predicted octanol–water partition coefficient (Wildman–Crippen LogP) is 2.93. The third-order valence-corrected chi connectivity index (χ3v) is 4.58. The van der Waals surface area contributed by atoms with Crippen molar-refractivity contribution >= 4 is 17.4 Å².